The normalized spacial score (nSPS) is 13.1. The fourth-order valence-electron chi connectivity index (χ4n) is 1.72. The summed E-state index contributed by atoms with van der Waals surface area (Å²) in [6.07, 6.45) is 0.449. The molecule has 0 amide bonds. The van der Waals surface area contributed by atoms with Crippen LogP contribution in [0.25, 0.3) is 0 Å². The summed E-state index contributed by atoms with van der Waals surface area (Å²) in [6.45, 7) is 2.45. The lowest BCUT2D eigenvalue weighted by Gasteiger charge is -2.26. The van der Waals surface area contributed by atoms with Crippen molar-refractivity contribution in [3.63, 3.8) is 0 Å². The minimum absolute atomic E-state index is 0.312. The standard InChI is InChI=1S/C16H25F4NO9S/c1-5-14(2,3)30-11(22)10-21(6-8-28-12(23)15(4,17)18)7-9-29-13(24)16(19,20)31(25,26)27/h5-10H2,1-4H3,(H,25,26,27). The SMILES string of the molecule is CCC(C)(C)OC(=O)CN(CCOC(=O)C(C)(F)F)CCOC(=O)C(F)(F)S(=O)(=O)O. The van der Waals surface area contributed by atoms with Crippen molar-refractivity contribution in [1.29, 1.82) is 0 Å². The fraction of sp³-hybridized carbons (Fsp3) is 0.812. The lowest BCUT2D eigenvalue weighted by atomic mass is 10.1. The van der Waals surface area contributed by atoms with Crippen LogP contribution in [0.4, 0.5) is 17.6 Å². The van der Waals surface area contributed by atoms with Crippen LogP contribution in [0, 0.1) is 0 Å². The van der Waals surface area contributed by atoms with Gasteiger partial charge < -0.3 is 14.2 Å². The summed E-state index contributed by atoms with van der Waals surface area (Å²) in [5.74, 6) is -8.94. The van der Waals surface area contributed by atoms with Gasteiger partial charge in [-0.05, 0) is 20.3 Å². The highest BCUT2D eigenvalue weighted by Gasteiger charge is 2.54. The molecule has 15 heteroatoms. The van der Waals surface area contributed by atoms with Gasteiger partial charge in [0.05, 0.1) is 6.54 Å². The largest absolute Gasteiger partial charge is 0.465 e. The van der Waals surface area contributed by atoms with E-state index in [4.69, 9.17) is 9.29 Å². The van der Waals surface area contributed by atoms with Gasteiger partial charge in [0.15, 0.2) is 0 Å². The minimum atomic E-state index is -6.06. The maximum absolute atomic E-state index is 13.2. The number of nitrogens with zero attached hydrogens (tertiary/aromatic N) is 1. The Bertz CT molecular complexity index is 751. The van der Waals surface area contributed by atoms with Crippen molar-refractivity contribution in [2.24, 2.45) is 0 Å². The average Bonchev–Trinajstić information content (AvgIpc) is 2.58. The third-order valence-electron chi connectivity index (χ3n) is 3.80. The molecule has 0 saturated carbocycles. The number of halogens is 4. The van der Waals surface area contributed by atoms with Crippen LogP contribution in [0.2, 0.25) is 0 Å². The Labute approximate surface area is 176 Å². The molecule has 10 nitrogen and oxygen atoms in total. The topological polar surface area (TPSA) is 137 Å². The molecule has 0 aromatic heterocycles. The molecule has 0 unspecified atom stereocenters. The second-order valence-corrected chi connectivity index (χ2v) is 8.48. The molecule has 0 aliphatic carbocycles. The van der Waals surface area contributed by atoms with Gasteiger partial charge in [0.2, 0.25) is 0 Å². The zero-order valence-corrected chi connectivity index (χ0v) is 18.1. The Morgan fingerprint density at radius 1 is 0.935 bits per heavy atom. The first-order chi connectivity index (χ1) is 13.8. The van der Waals surface area contributed by atoms with Crippen LogP contribution in [-0.2, 0) is 38.7 Å². The Morgan fingerprint density at radius 2 is 1.39 bits per heavy atom. The van der Waals surface area contributed by atoms with Crippen LogP contribution >= 0.6 is 0 Å². The molecular weight excluding hydrogens is 458 g/mol. The van der Waals surface area contributed by atoms with Crippen molar-refractivity contribution < 1.29 is 59.1 Å². The summed E-state index contributed by atoms with van der Waals surface area (Å²) in [6, 6.07) is 0. The van der Waals surface area contributed by atoms with Crippen LogP contribution in [0.3, 0.4) is 0 Å². The molecule has 0 aliphatic heterocycles. The van der Waals surface area contributed by atoms with Gasteiger partial charge in [-0.1, -0.05) is 6.92 Å². The fourth-order valence-corrected chi connectivity index (χ4v) is 1.99. The van der Waals surface area contributed by atoms with E-state index in [0.717, 1.165) is 4.90 Å². The van der Waals surface area contributed by atoms with Gasteiger partial charge in [-0.3, -0.25) is 14.2 Å². The van der Waals surface area contributed by atoms with Gasteiger partial charge in [-0.15, -0.1) is 0 Å². The quantitative estimate of drug-likeness (QED) is 0.176. The van der Waals surface area contributed by atoms with Gasteiger partial charge in [-0.2, -0.15) is 26.0 Å². The van der Waals surface area contributed by atoms with Crippen molar-refractivity contribution in [3.05, 3.63) is 0 Å². The zero-order valence-electron chi connectivity index (χ0n) is 17.3. The number of carbonyl (C=O) groups excluding carboxylic acids is 3. The first-order valence-electron chi connectivity index (χ1n) is 8.85. The molecule has 182 valence electrons. The highest BCUT2D eigenvalue weighted by molar-refractivity contribution is 7.87. The number of hydrogen-bond acceptors (Lipinski definition) is 9. The van der Waals surface area contributed by atoms with Gasteiger partial charge in [0.25, 0.3) is 0 Å². The number of ether oxygens (including phenoxy) is 3. The predicted molar refractivity (Wildman–Crippen MR) is 95.9 cm³/mol. The summed E-state index contributed by atoms with van der Waals surface area (Å²) in [5, 5.41) is -5.20. The van der Waals surface area contributed by atoms with Crippen LogP contribution in [-0.4, -0.2) is 85.4 Å². The van der Waals surface area contributed by atoms with E-state index in [2.05, 4.69) is 9.47 Å². The van der Waals surface area contributed by atoms with E-state index in [9.17, 15) is 40.4 Å². The van der Waals surface area contributed by atoms with E-state index in [1.165, 1.54) is 0 Å². The number of esters is 3. The average molecular weight is 483 g/mol. The van der Waals surface area contributed by atoms with Crippen molar-refractivity contribution in [2.45, 2.75) is 50.9 Å². The van der Waals surface area contributed by atoms with Gasteiger partial charge in [-0.25, -0.2) is 9.59 Å². The van der Waals surface area contributed by atoms with Gasteiger partial charge in [0, 0.05) is 20.0 Å². The first kappa shape index (κ1) is 29.0. The Hall–Kier alpha value is -2.00. The smallest absolute Gasteiger partial charge is 0.460 e. The van der Waals surface area contributed by atoms with Crippen molar-refractivity contribution in [3.8, 4) is 0 Å². The Kier molecular flexibility index (Phi) is 10.3. The van der Waals surface area contributed by atoms with Crippen LogP contribution in [0.15, 0.2) is 0 Å². The lowest BCUT2D eigenvalue weighted by Crippen LogP contribution is -2.42. The summed E-state index contributed by atoms with van der Waals surface area (Å²) < 4.78 is 94.9. The highest BCUT2D eigenvalue weighted by atomic mass is 32.2. The molecule has 31 heavy (non-hydrogen) atoms. The summed E-state index contributed by atoms with van der Waals surface area (Å²) in [4.78, 5) is 35.4. The van der Waals surface area contributed by atoms with Crippen LogP contribution in [0.5, 0.6) is 0 Å². The molecule has 0 bridgehead atoms. The first-order valence-corrected chi connectivity index (χ1v) is 10.3. The molecule has 0 heterocycles. The lowest BCUT2D eigenvalue weighted by molar-refractivity contribution is -0.170. The predicted octanol–water partition coefficient (Wildman–Crippen LogP) is 1.24. The van der Waals surface area contributed by atoms with E-state index in [0.29, 0.717) is 13.3 Å². The second kappa shape index (κ2) is 11.0. The maximum atomic E-state index is 13.2. The van der Waals surface area contributed by atoms with E-state index in [-0.39, 0.29) is 6.54 Å². The molecule has 1 N–H and O–H groups in total. The minimum Gasteiger partial charge on any atom is -0.460 e. The summed E-state index contributed by atoms with van der Waals surface area (Å²) in [7, 11) is -6.06. The zero-order chi connectivity index (χ0) is 24.7. The van der Waals surface area contributed by atoms with Crippen molar-refractivity contribution in [1.82, 2.24) is 4.90 Å². The molecule has 0 rings (SSSR count). The maximum Gasteiger partial charge on any atom is 0.465 e. The molecule has 0 aromatic carbocycles. The molecule has 0 aliphatic rings. The van der Waals surface area contributed by atoms with Crippen LogP contribution < -0.4 is 0 Å². The Balaban J connectivity index is 5.00. The summed E-state index contributed by atoms with van der Waals surface area (Å²) >= 11 is 0. The molecule has 0 spiro atoms. The monoisotopic (exact) mass is 483 g/mol. The number of alkyl halides is 4. The van der Waals surface area contributed by atoms with E-state index in [1.807, 2.05) is 0 Å². The Morgan fingerprint density at radius 3 is 1.77 bits per heavy atom. The van der Waals surface area contributed by atoms with Crippen molar-refractivity contribution in [2.75, 3.05) is 32.8 Å². The highest BCUT2D eigenvalue weighted by Crippen LogP contribution is 2.22. The molecule has 0 saturated heterocycles. The third-order valence-corrected chi connectivity index (χ3v) is 4.61. The molecule has 0 aromatic rings. The number of hydrogen-bond donors (Lipinski definition) is 1. The molecular formula is C16H25F4NO9S. The second-order valence-electron chi connectivity index (χ2n) is 7.02. The van der Waals surface area contributed by atoms with Crippen molar-refractivity contribution >= 4 is 28.0 Å². The van der Waals surface area contributed by atoms with E-state index < -0.39 is 71.1 Å². The van der Waals surface area contributed by atoms with Crippen LogP contribution in [0.1, 0.15) is 34.1 Å². The molecule has 0 radical (unpaired) electrons. The number of rotatable bonds is 13. The van der Waals surface area contributed by atoms with E-state index in [1.54, 1.807) is 20.8 Å². The van der Waals surface area contributed by atoms with Gasteiger partial charge in [0.1, 0.15) is 18.8 Å². The molecule has 0 atom stereocenters. The number of carbonyl (C=O) groups is 3. The summed E-state index contributed by atoms with van der Waals surface area (Å²) in [5.41, 5.74) is -0.844. The third kappa shape index (κ3) is 10.2. The van der Waals surface area contributed by atoms with Gasteiger partial charge >= 0.3 is 39.2 Å². The molecule has 0 fully saturated rings. The van der Waals surface area contributed by atoms with E-state index >= 15 is 0 Å².